The first-order chi connectivity index (χ1) is 9.17. The molecule has 0 spiro atoms. The maximum Gasteiger partial charge on any atom is 0.251 e. The Morgan fingerprint density at radius 2 is 2.11 bits per heavy atom. The van der Waals surface area contributed by atoms with E-state index < -0.39 is 5.54 Å². The Bertz CT molecular complexity index is 612. The van der Waals surface area contributed by atoms with Crippen LogP contribution in [0.15, 0.2) is 28.4 Å². The minimum Gasteiger partial charge on any atom is -0.319 e. The van der Waals surface area contributed by atoms with Gasteiger partial charge < -0.3 is 10.7 Å². The fourth-order valence-corrected chi connectivity index (χ4v) is 3.35. The van der Waals surface area contributed by atoms with E-state index in [2.05, 4.69) is 9.97 Å². The van der Waals surface area contributed by atoms with Crippen molar-refractivity contribution in [2.75, 3.05) is 0 Å². The summed E-state index contributed by atoms with van der Waals surface area (Å²) >= 11 is 1.58. The van der Waals surface area contributed by atoms with Crippen molar-refractivity contribution in [3.63, 3.8) is 0 Å². The molecule has 0 aromatic carbocycles. The number of aromatic amines is 1. The van der Waals surface area contributed by atoms with Crippen LogP contribution in [-0.2, 0) is 5.54 Å². The summed E-state index contributed by atoms with van der Waals surface area (Å²) in [6, 6.07) is 5.48. The van der Waals surface area contributed by atoms with Gasteiger partial charge in [0, 0.05) is 6.07 Å². The van der Waals surface area contributed by atoms with Crippen LogP contribution in [0.25, 0.3) is 10.6 Å². The molecule has 100 valence electrons. The number of aromatic nitrogens is 2. The largest absolute Gasteiger partial charge is 0.319 e. The minimum atomic E-state index is -0.468. The van der Waals surface area contributed by atoms with Crippen molar-refractivity contribution >= 4 is 11.3 Å². The summed E-state index contributed by atoms with van der Waals surface area (Å²) in [4.78, 5) is 20.3. The highest BCUT2D eigenvalue weighted by molar-refractivity contribution is 7.13. The maximum atomic E-state index is 11.8. The second kappa shape index (κ2) is 4.90. The third kappa shape index (κ3) is 2.48. The summed E-state index contributed by atoms with van der Waals surface area (Å²) in [5.74, 6) is 0.642. The molecule has 1 saturated carbocycles. The second-order valence-corrected chi connectivity index (χ2v) is 6.12. The third-order valence-electron chi connectivity index (χ3n) is 3.73. The molecule has 1 aliphatic carbocycles. The molecule has 0 bridgehead atoms. The molecule has 1 fully saturated rings. The van der Waals surface area contributed by atoms with Crippen molar-refractivity contribution in [1.82, 2.24) is 9.97 Å². The summed E-state index contributed by atoms with van der Waals surface area (Å²) in [7, 11) is 0. The first-order valence-electron chi connectivity index (χ1n) is 6.62. The van der Waals surface area contributed by atoms with Crippen LogP contribution in [0.3, 0.4) is 0 Å². The molecule has 19 heavy (non-hydrogen) atoms. The van der Waals surface area contributed by atoms with Gasteiger partial charge in [-0.1, -0.05) is 25.3 Å². The SMILES string of the molecule is NC1(c2nc(-c3cccs3)cc(=O)[nH]2)CCCCC1. The van der Waals surface area contributed by atoms with Crippen LogP contribution in [0.1, 0.15) is 37.9 Å². The normalized spacial score (nSPS) is 18.4. The van der Waals surface area contributed by atoms with E-state index in [4.69, 9.17) is 5.73 Å². The molecule has 0 amide bonds. The van der Waals surface area contributed by atoms with Crippen LogP contribution < -0.4 is 11.3 Å². The first-order valence-corrected chi connectivity index (χ1v) is 7.50. The van der Waals surface area contributed by atoms with Crippen molar-refractivity contribution < 1.29 is 0 Å². The van der Waals surface area contributed by atoms with Gasteiger partial charge in [0.1, 0.15) is 5.82 Å². The lowest BCUT2D eigenvalue weighted by molar-refractivity contribution is 0.286. The number of hydrogen-bond acceptors (Lipinski definition) is 4. The van der Waals surface area contributed by atoms with Gasteiger partial charge in [-0.2, -0.15) is 0 Å². The molecule has 0 unspecified atom stereocenters. The zero-order valence-electron chi connectivity index (χ0n) is 10.7. The Labute approximate surface area is 115 Å². The van der Waals surface area contributed by atoms with E-state index in [1.807, 2.05) is 17.5 Å². The van der Waals surface area contributed by atoms with E-state index >= 15 is 0 Å². The lowest BCUT2D eigenvalue weighted by atomic mass is 9.82. The Kier molecular flexibility index (Phi) is 3.24. The van der Waals surface area contributed by atoms with Crippen LogP contribution in [0.5, 0.6) is 0 Å². The number of H-pyrrole nitrogens is 1. The number of nitrogens with one attached hydrogen (secondary N) is 1. The molecule has 5 heteroatoms. The highest BCUT2D eigenvalue weighted by Crippen LogP contribution is 2.33. The predicted octanol–water partition coefficient (Wildman–Crippen LogP) is 2.62. The number of nitrogens with two attached hydrogens (primary N) is 1. The van der Waals surface area contributed by atoms with E-state index in [9.17, 15) is 4.79 Å². The van der Waals surface area contributed by atoms with Crippen molar-refractivity contribution in [2.24, 2.45) is 5.73 Å². The van der Waals surface area contributed by atoms with Crippen LogP contribution in [0, 0.1) is 0 Å². The van der Waals surface area contributed by atoms with Gasteiger partial charge in [-0.25, -0.2) is 4.98 Å². The fourth-order valence-electron chi connectivity index (χ4n) is 2.66. The van der Waals surface area contributed by atoms with Crippen LogP contribution in [0.2, 0.25) is 0 Å². The second-order valence-electron chi connectivity index (χ2n) is 5.17. The molecule has 0 atom stereocenters. The lowest BCUT2D eigenvalue weighted by Gasteiger charge is -2.32. The van der Waals surface area contributed by atoms with E-state index in [0.717, 1.165) is 36.3 Å². The number of nitrogens with zero attached hydrogens (tertiary/aromatic N) is 1. The number of thiophene rings is 1. The zero-order chi connectivity index (χ0) is 13.3. The molecule has 2 aromatic heterocycles. The topological polar surface area (TPSA) is 71.8 Å². The van der Waals surface area contributed by atoms with Gasteiger partial charge in [0.05, 0.1) is 16.1 Å². The summed E-state index contributed by atoms with van der Waals surface area (Å²) in [5.41, 5.74) is 6.58. The van der Waals surface area contributed by atoms with E-state index in [1.165, 1.54) is 6.42 Å². The Balaban J connectivity index is 2.05. The molecule has 4 nitrogen and oxygen atoms in total. The Hall–Kier alpha value is -1.46. The highest BCUT2D eigenvalue weighted by atomic mass is 32.1. The molecular weight excluding hydrogens is 258 g/mol. The van der Waals surface area contributed by atoms with Gasteiger partial charge in [-0.05, 0) is 24.3 Å². The van der Waals surface area contributed by atoms with E-state index in [-0.39, 0.29) is 5.56 Å². The highest BCUT2D eigenvalue weighted by Gasteiger charge is 2.32. The predicted molar refractivity (Wildman–Crippen MR) is 77.1 cm³/mol. The van der Waals surface area contributed by atoms with Gasteiger partial charge in [-0.3, -0.25) is 4.79 Å². The average Bonchev–Trinajstić information content (AvgIpc) is 2.93. The molecule has 1 aliphatic rings. The van der Waals surface area contributed by atoms with Crippen LogP contribution in [-0.4, -0.2) is 9.97 Å². The molecule has 0 radical (unpaired) electrons. The number of hydrogen-bond donors (Lipinski definition) is 2. The molecule has 3 N–H and O–H groups in total. The minimum absolute atomic E-state index is 0.121. The Morgan fingerprint density at radius 1 is 1.32 bits per heavy atom. The average molecular weight is 275 g/mol. The molecule has 0 aliphatic heterocycles. The third-order valence-corrected chi connectivity index (χ3v) is 4.63. The van der Waals surface area contributed by atoms with Gasteiger partial charge in [0.25, 0.3) is 5.56 Å². The molecular formula is C14H17N3OS. The fraction of sp³-hybridized carbons (Fsp3) is 0.429. The zero-order valence-corrected chi connectivity index (χ0v) is 11.5. The van der Waals surface area contributed by atoms with Gasteiger partial charge in [0.2, 0.25) is 0 Å². The van der Waals surface area contributed by atoms with E-state index in [1.54, 1.807) is 17.4 Å². The quantitative estimate of drug-likeness (QED) is 0.885. The lowest BCUT2D eigenvalue weighted by Crippen LogP contribution is -2.41. The van der Waals surface area contributed by atoms with Crippen molar-refractivity contribution in [2.45, 2.75) is 37.6 Å². The van der Waals surface area contributed by atoms with Crippen molar-refractivity contribution in [1.29, 1.82) is 0 Å². The standard InChI is InChI=1S/C14H17N3OS/c15-14(6-2-1-3-7-14)13-16-10(9-12(18)17-13)11-5-4-8-19-11/h4-5,8-9H,1-3,6-7,15H2,(H,16,17,18). The van der Waals surface area contributed by atoms with Gasteiger partial charge >= 0.3 is 0 Å². The molecule has 2 heterocycles. The van der Waals surface area contributed by atoms with Crippen LogP contribution >= 0.6 is 11.3 Å². The summed E-state index contributed by atoms with van der Waals surface area (Å²) in [6.45, 7) is 0. The van der Waals surface area contributed by atoms with Gasteiger partial charge in [0.15, 0.2) is 0 Å². The number of rotatable bonds is 2. The van der Waals surface area contributed by atoms with Gasteiger partial charge in [-0.15, -0.1) is 11.3 Å². The molecule has 3 rings (SSSR count). The summed E-state index contributed by atoms with van der Waals surface area (Å²) < 4.78 is 0. The molecule has 2 aromatic rings. The first kappa shape index (κ1) is 12.6. The van der Waals surface area contributed by atoms with Crippen LogP contribution in [0.4, 0.5) is 0 Å². The van der Waals surface area contributed by atoms with E-state index in [0.29, 0.717) is 5.82 Å². The smallest absolute Gasteiger partial charge is 0.251 e. The summed E-state index contributed by atoms with van der Waals surface area (Å²) in [6.07, 6.45) is 5.20. The monoisotopic (exact) mass is 275 g/mol. The maximum absolute atomic E-state index is 11.8. The van der Waals surface area contributed by atoms with Crippen molar-refractivity contribution in [3.8, 4) is 10.6 Å². The Morgan fingerprint density at radius 3 is 2.79 bits per heavy atom. The van der Waals surface area contributed by atoms with Crippen molar-refractivity contribution in [3.05, 3.63) is 39.8 Å². The summed E-state index contributed by atoms with van der Waals surface area (Å²) in [5, 5.41) is 1.98. The molecule has 0 saturated heterocycles.